The molecule has 0 aromatic heterocycles. The number of carbonyl (C=O) groups excluding carboxylic acids is 1. The minimum Gasteiger partial charge on any atom is -0.443 e. The molecule has 1 aromatic rings. The first-order chi connectivity index (χ1) is 9.09. The molecule has 2 saturated heterocycles. The van der Waals surface area contributed by atoms with Gasteiger partial charge in [0.15, 0.2) is 6.23 Å². The largest absolute Gasteiger partial charge is 0.443 e. The molecule has 3 nitrogen and oxygen atoms in total. The quantitative estimate of drug-likeness (QED) is 0.764. The number of esters is 1. The van der Waals surface area contributed by atoms with Gasteiger partial charge in [-0.05, 0) is 51.2 Å². The van der Waals surface area contributed by atoms with Gasteiger partial charge in [0.05, 0.1) is 5.56 Å². The van der Waals surface area contributed by atoms with Crippen LogP contribution in [0.4, 0.5) is 0 Å². The monoisotopic (exact) mass is 259 g/mol. The lowest BCUT2D eigenvalue weighted by molar-refractivity contribution is -0.0882. The second-order valence-corrected chi connectivity index (χ2v) is 6.14. The Bertz CT molecular complexity index is 469. The highest BCUT2D eigenvalue weighted by Crippen LogP contribution is 2.44. The van der Waals surface area contributed by atoms with Crippen LogP contribution < -0.4 is 0 Å². The molecule has 1 aromatic carbocycles. The summed E-state index contributed by atoms with van der Waals surface area (Å²) in [5.74, 6) is 0.547. The third kappa shape index (κ3) is 2.16. The van der Waals surface area contributed by atoms with Crippen molar-refractivity contribution in [2.75, 3.05) is 6.54 Å². The Morgan fingerprint density at radius 2 is 1.95 bits per heavy atom. The van der Waals surface area contributed by atoms with Gasteiger partial charge < -0.3 is 4.74 Å². The van der Waals surface area contributed by atoms with E-state index in [1.165, 1.54) is 6.42 Å². The maximum Gasteiger partial charge on any atom is 0.339 e. The van der Waals surface area contributed by atoms with E-state index in [1.807, 2.05) is 30.3 Å². The van der Waals surface area contributed by atoms with Crippen molar-refractivity contribution in [2.45, 2.75) is 44.9 Å². The van der Waals surface area contributed by atoms with Crippen LogP contribution >= 0.6 is 0 Å². The van der Waals surface area contributed by atoms with Crippen LogP contribution in [0.5, 0.6) is 0 Å². The molecular weight excluding hydrogens is 238 g/mol. The van der Waals surface area contributed by atoms with Crippen molar-refractivity contribution in [3.8, 4) is 0 Å². The van der Waals surface area contributed by atoms with Crippen molar-refractivity contribution in [2.24, 2.45) is 5.92 Å². The van der Waals surface area contributed by atoms with Crippen molar-refractivity contribution in [3.05, 3.63) is 35.9 Å². The van der Waals surface area contributed by atoms with Crippen molar-refractivity contribution < 1.29 is 9.53 Å². The molecule has 0 radical (unpaired) electrons. The van der Waals surface area contributed by atoms with Crippen molar-refractivity contribution in [1.29, 1.82) is 0 Å². The average Bonchev–Trinajstić information content (AvgIpc) is 2.59. The Kier molecular flexibility index (Phi) is 3.09. The molecule has 0 amide bonds. The van der Waals surface area contributed by atoms with Crippen LogP contribution in [-0.4, -0.2) is 29.2 Å². The number of rotatable bonds is 2. The minimum absolute atomic E-state index is 0.0542. The first kappa shape index (κ1) is 12.7. The van der Waals surface area contributed by atoms with Gasteiger partial charge in [-0.2, -0.15) is 0 Å². The minimum atomic E-state index is -0.202. The molecule has 2 aliphatic heterocycles. The number of ether oxygens (including phenoxy) is 1. The van der Waals surface area contributed by atoms with Crippen LogP contribution in [0.1, 0.15) is 43.5 Å². The normalized spacial score (nSPS) is 32.0. The van der Waals surface area contributed by atoms with Crippen molar-refractivity contribution >= 4 is 5.97 Å². The molecule has 0 N–H and O–H groups in total. The zero-order valence-corrected chi connectivity index (χ0v) is 11.6. The highest BCUT2D eigenvalue weighted by molar-refractivity contribution is 5.89. The maximum atomic E-state index is 12.2. The van der Waals surface area contributed by atoms with E-state index in [9.17, 15) is 4.79 Å². The molecule has 2 fully saturated rings. The van der Waals surface area contributed by atoms with Gasteiger partial charge in [-0.15, -0.1) is 0 Å². The van der Waals surface area contributed by atoms with Gasteiger partial charge in [-0.1, -0.05) is 18.2 Å². The molecule has 1 unspecified atom stereocenters. The third-order valence-corrected chi connectivity index (χ3v) is 4.82. The van der Waals surface area contributed by atoms with E-state index < -0.39 is 0 Å². The van der Waals surface area contributed by atoms with Crippen molar-refractivity contribution in [1.82, 2.24) is 4.90 Å². The molecule has 2 aliphatic rings. The van der Waals surface area contributed by atoms with Gasteiger partial charge in [0.2, 0.25) is 0 Å². The number of hydrogen-bond donors (Lipinski definition) is 0. The Labute approximate surface area is 114 Å². The fourth-order valence-corrected chi connectivity index (χ4v) is 3.57. The van der Waals surface area contributed by atoms with E-state index in [0.717, 1.165) is 25.3 Å². The summed E-state index contributed by atoms with van der Waals surface area (Å²) in [6.07, 6.45) is 3.30. The van der Waals surface area contributed by atoms with Crippen LogP contribution in [0.3, 0.4) is 0 Å². The predicted molar refractivity (Wildman–Crippen MR) is 73.8 cm³/mol. The first-order valence-corrected chi connectivity index (χ1v) is 7.12. The fraction of sp³-hybridized carbons (Fsp3) is 0.562. The Balaban J connectivity index is 1.72. The zero-order valence-electron chi connectivity index (χ0n) is 11.6. The van der Waals surface area contributed by atoms with E-state index in [-0.39, 0.29) is 17.7 Å². The summed E-state index contributed by atoms with van der Waals surface area (Å²) in [5, 5.41) is 0. The third-order valence-electron chi connectivity index (χ3n) is 4.82. The molecule has 0 spiro atoms. The first-order valence-electron chi connectivity index (χ1n) is 7.12. The smallest absolute Gasteiger partial charge is 0.339 e. The van der Waals surface area contributed by atoms with Crippen LogP contribution in [0, 0.1) is 5.92 Å². The SMILES string of the molecule is CC1(C)[C@H]2CC[C@@H](OC(=O)c3ccccc3)N1CC2. The van der Waals surface area contributed by atoms with E-state index in [0.29, 0.717) is 5.56 Å². The molecule has 3 rings (SSSR count). The lowest BCUT2D eigenvalue weighted by Gasteiger charge is -2.44. The van der Waals surface area contributed by atoms with E-state index in [1.54, 1.807) is 0 Å². The highest BCUT2D eigenvalue weighted by atomic mass is 16.6. The van der Waals surface area contributed by atoms with E-state index >= 15 is 0 Å². The fourth-order valence-electron chi connectivity index (χ4n) is 3.57. The average molecular weight is 259 g/mol. The van der Waals surface area contributed by atoms with Gasteiger partial charge >= 0.3 is 5.97 Å². The van der Waals surface area contributed by atoms with Crippen LogP contribution in [0.2, 0.25) is 0 Å². The van der Waals surface area contributed by atoms with Crippen LogP contribution in [0.15, 0.2) is 30.3 Å². The molecule has 0 aliphatic carbocycles. The summed E-state index contributed by atoms with van der Waals surface area (Å²) in [5.41, 5.74) is 0.807. The predicted octanol–water partition coefficient (Wildman–Crippen LogP) is 3.06. The summed E-state index contributed by atoms with van der Waals surface area (Å²) in [6.45, 7) is 5.59. The molecule has 3 heteroatoms. The highest BCUT2D eigenvalue weighted by Gasteiger charge is 2.49. The Hall–Kier alpha value is -1.35. The lowest BCUT2D eigenvalue weighted by Crippen LogP contribution is -2.53. The van der Waals surface area contributed by atoms with Gasteiger partial charge in [0, 0.05) is 12.1 Å². The molecule has 2 heterocycles. The van der Waals surface area contributed by atoms with Gasteiger partial charge in [0.25, 0.3) is 0 Å². The number of piperidine rings is 1. The number of carbonyl (C=O) groups is 1. The maximum absolute atomic E-state index is 12.2. The number of nitrogens with zero attached hydrogens (tertiary/aromatic N) is 1. The van der Waals surface area contributed by atoms with Gasteiger partial charge in [-0.25, -0.2) is 4.79 Å². The topological polar surface area (TPSA) is 29.5 Å². The molecular formula is C16H21NO2. The number of benzene rings is 1. The van der Waals surface area contributed by atoms with Crippen LogP contribution in [0.25, 0.3) is 0 Å². The summed E-state index contributed by atoms with van der Waals surface area (Å²) >= 11 is 0. The van der Waals surface area contributed by atoms with E-state index in [2.05, 4.69) is 18.7 Å². The molecule has 102 valence electrons. The van der Waals surface area contributed by atoms with E-state index in [4.69, 9.17) is 4.74 Å². The summed E-state index contributed by atoms with van der Waals surface area (Å²) in [4.78, 5) is 14.5. The van der Waals surface area contributed by atoms with Gasteiger partial charge in [-0.3, -0.25) is 4.90 Å². The second-order valence-electron chi connectivity index (χ2n) is 6.14. The second kappa shape index (κ2) is 4.64. The standard InChI is InChI=1S/C16H21NO2/c1-16(2)13-8-9-14(17(16)11-10-13)19-15(18)12-6-4-3-5-7-12/h3-7,13-14H,8-11H2,1-2H3/t13-,14+/m0/s1. The van der Waals surface area contributed by atoms with Gasteiger partial charge in [0.1, 0.15) is 0 Å². The lowest BCUT2D eigenvalue weighted by atomic mass is 9.81. The summed E-state index contributed by atoms with van der Waals surface area (Å²) < 4.78 is 5.73. The molecule has 3 atom stereocenters. The summed E-state index contributed by atoms with van der Waals surface area (Å²) in [6, 6.07) is 9.26. The molecule has 19 heavy (non-hydrogen) atoms. The molecule has 2 bridgehead atoms. The molecule has 0 saturated carbocycles. The zero-order chi connectivity index (χ0) is 13.5. The Morgan fingerprint density at radius 1 is 1.21 bits per heavy atom. The Morgan fingerprint density at radius 3 is 2.68 bits per heavy atom. The number of fused-ring (bicyclic) bond motifs is 2. The number of hydrogen-bond acceptors (Lipinski definition) is 3. The van der Waals surface area contributed by atoms with Crippen molar-refractivity contribution in [3.63, 3.8) is 0 Å². The summed E-state index contributed by atoms with van der Waals surface area (Å²) in [7, 11) is 0. The van der Waals surface area contributed by atoms with Crippen LogP contribution in [-0.2, 0) is 4.74 Å².